The molecule has 1 aliphatic rings. The normalized spacial score (nSPS) is 17.9. The number of hydrogen-bond donors (Lipinski definition) is 0. The van der Waals surface area contributed by atoms with Gasteiger partial charge in [-0.15, -0.1) is 5.10 Å². The van der Waals surface area contributed by atoms with Gasteiger partial charge in [-0.25, -0.2) is 4.68 Å². The highest BCUT2D eigenvalue weighted by Crippen LogP contribution is 2.27. The van der Waals surface area contributed by atoms with Gasteiger partial charge in [0.15, 0.2) is 6.23 Å². The van der Waals surface area contributed by atoms with E-state index < -0.39 is 0 Å². The summed E-state index contributed by atoms with van der Waals surface area (Å²) in [7, 11) is 0. The zero-order valence-electron chi connectivity index (χ0n) is 14.4. The second kappa shape index (κ2) is 7.17. The van der Waals surface area contributed by atoms with Gasteiger partial charge >= 0.3 is 0 Å². The van der Waals surface area contributed by atoms with Crippen LogP contribution < -0.4 is 0 Å². The third kappa shape index (κ3) is 3.78. The molecule has 0 radical (unpaired) electrons. The van der Waals surface area contributed by atoms with Crippen LogP contribution in [0, 0.1) is 6.92 Å². The Morgan fingerprint density at radius 2 is 1.76 bits per heavy atom. The fourth-order valence-electron chi connectivity index (χ4n) is 3.14. The number of aromatic nitrogens is 3. The van der Waals surface area contributed by atoms with Crippen LogP contribution in [0.15, 0.2) is 60.8 Å². The number of aryl methyl sites for hydroxylation is 1. The molecule has 0 spiro atoms. The molecule has 0 unspecified atom stereocenters. The summed E-state index contributed by atoms with van der Waals surface area (Å²) in [5, 5.41) is 8.62. The Kier molecular flexibility index (Phi) is 4.59. The summed E-state index contributed by atoms with van der Waals surface area (Å²) in [4.78, 5) is 2.31. The van der Waals surface area contributed by atoms with E-state index in [9.17, 15) is 0 Å². The van der Waals surface area contributed by atoms with Gasteiger partial charge in [0.1, 0.15) is 5.69 Å². The van der Waals surface area contributed by atoms with E-state index in [4.69, 9.17) is 4.74 Å². The van der Waals surface area contributed by atoms with E-state index in [1.165, 1.54) is 16.7 Å². The van der Waals surface area contributed by atoms with E-state index in [-0.39, 0.29) is 6.23 Å². The highest BCUT2D eigenvalue weighted by Gasteiger charge is 2.29. The molecule has 1 aliphatic heterocycles. The summed E-state index contributed by atoms with van der Waals surface area (Å²) >= 11 is 0. The van der Waals surface area contributed by atoms with Crippen LogP contribution in [-0.2, 0) is 17.8 Å². The smallest absolute Gasteiger partial charge is 0.157 e. The zero-order chi connectivity index (χ0) is 17.1. The summed E-state index contributed by atoms with van der Waals surface area (Å²) < 4.78 is 7.79. The molecule has 25 heavy (non-hydrogen) atoms. The van der Waals surface area contributed by atoms with Crippen molar-refractivity contribution in [3.63, 3.8) is 0 Å². The van der Waals surface area contributed by atoms with Gasteiger partial charge in [-0.1, -0.05) is 65.4 Å². The first-order valence-electron chi connectivity index (χ1n) is 8.63. The van der Waals surface area contributed by atoms with Gasteiger partial charge in [-0.3, -0.25) is 4.90 Å². The molecule has 5 nitrogen and oxygen atoms in total. The molecule has 1 fully saturated rings. The van der Waals surface area contributed by atoms with Crippen molar-refractivity contribution in [1.82, 2.24) is 19.9 Å². The van der Waals surface area contributed by atoms with Crippen LogP contribution in [0.1, 0.15) is 28.6 Å². The lowest BCUT2D eigenvalue weighted by Crippen LogP contribution is -2.23. The van der Waals surface area contributed by atoms with Gasteiger partial charge < -0.3 is 4.74 Å². The second-order valence-corrected chi connectivity index (χ2v) is 6.51. The molecule has 1 aromatic heterocycles. The van der Waals surface area contributed by atoms with Crippen molar-refractivity contribution >= 4 is 0 Å². The molecule has 0 aliphatic carbocycles. The molecule has 2 aromatic carbocycles. The number of ether oxygens (including phenoxy) is 1. The van der Waals surface area contributed by atoms with Crippen LogP contribution in [0.5, 0.6) is 0 Å². The van der Waals surface area contributed by atoms with E-state index in [0.29, 0.717) is 0 Å². The molecule has 2 heterocycles. The maximum Gasteiger partial charge on any atom is 0.157 e. The van der Waals surface area contributed by atoms with Crippen LogP contribution in [0.25, 0.3) is 0 Å². The number of nitrogens with zero attached hydrogens (tertiary/aromatic N) is 4. The van der Waals surface area contributed by atoms with E-state index in [1.54, 1.807) is 0 Å². The lowest BCUT2D eigenvalue weighted by atomic mass is 10.1. The lowest BCUT2D eigenvalue weighted by Gasteiger charge is -2.21. The van der Waals surface area contributed by atoms with E-state index in [0.717, 1.165) is 31.9 Å². The summed E-state index contributed by atoms with van der Waals surface area (Å²) in [6, 6.07) is 18.9. The van der Waals surface area contributed by atoms with Gasteiger partial charge in [0.25, 0.3) is 0 Å². The Bertz CT molecular complexity index is 813. The summed E-state index contributed by atoms with van der Waals surface area (Å²) in [6.07, 6.45) is 1.87. The molecule has 0 N–H and O–H groups in total. The monoisotopic (exact) mass is 334 g/mol. The first-order chi connectivity index (χ1) is 12.3. The minimum absolute atomic E-state index is 0.120. The van der Waals surface area contributed by atoms with Crippen LogP contribution in [0.3, 0.4) is 0 Å². The van der Waals surface area contributed by atoms with Crippen molar-refractivity contribution < 1.29 is 4.74 Å². The Morgan fingerprint density at radius 3 is 2.56 bits per heavy atom. The predicted octanol–water partition coefficient (Wildman–Crippen LogP) is 3.17. The van der Waals surface area contributed by atoms with Crippen LogP contribution in [0.2, 0.25) is 0 Å². The maximum atomic E-state index is 5.92. The van der Waals surface area contributed by atoms with Gasteiger partial charge in [-0.2, -0.15) is 0 Å². The molecule has 4 rings (SSSR count). The van der Waals surface area contributed by atoms with Crippen molar-refractivity contribution in [1.29, 1.82) is 0 Å². The molecule has 1 saturated heterocycles. The average Bonchev–Trinajstić information content (AvgIpc) is 3.27. The minimum atomic E-state index is -0.120. The van der Waals surface area contributed by atoms with Gasteiger partial charge in [0.2, 0.25) is 0 Å². The Hall–Kier alpha value is -2.50. The molecule has 1 atom stereocenters. The third-order valence-corrected chi connectivity index (χ3v) is 4.49. The molecule has 0 bridgehead atoms. The highest BCUT2D eigenvalue weighted by atomic mass is 16.5. The van der Waals surface area contributed by atoms with Crippen LogP contribution >= 0.6 is 0 Å². The number of rotatable bonds is 5. The topological polar surface area (TPSA) is 43.2 Å². The molecular formula is C20H22N4O. The molecule has 0 saturated carbocycles. The molecule has 3 aromatic rings. The molecular weight excluding hydrogens is 312 g/mol. The first-order valence-corrected chi connectivity index (χ1v) is 8.63. The first kappa shape index (κ1) is 16.0. The molecule has 5 heteroatoms. The largest absolute Gasteiger partial charge is 0.356 e. The van der Waals surface area contributed by atoms with Crippen molar-refractivity contribution in [2.75, 3.05) is 13.2 Å². The van der Waals surface area contributed by atoms with Crippen molar-refractivity contribution in [2.45, 2.75) is 26.2 Å². The average molecular weight is 334 g/mol. The van der Waals surface area contributed by atoms with Crippen molar-refractivity contribution in [3.8, 4) is 0 Å². The fraction of sp³-hybridized carbons (Fsp3) is 0.300. The SMILES string of the molecule is Cc1ccc(CN2CCO[C@@H]2c2cn(Cc3ccccc3)nn2)cc1. The molecule has 128 valence electrons. The predicted molar refractivity (Wildman–Crippen MR) is 95.8 cm³/mol. The third-order valence-electron chi connectivity index (χ3n) is 4.49. The Labute approximate surface area is 147 Å². The van der Waals surface area contributed by atoms with Crippen LogP contribution in [-0.4, -0.2) is 33.0 Å². The fourth-order valence-corrected chi connectivity index (χ4v) is 3.14. The quantitative estimate of drug-likeness (QED) is 0.719. The Balaban J connectivity index is 1.46. The van der Waals surface area contributed by atoms with Gasteiger partial charge in [0.05, 0.1) is 19.3 Å². The minimum Gasteiger partial charge on any atom is -0.356 e. The lowest BCUT2D eigenvalue weighted by molar-refractivity contribution is 0.0252. The van der Waals surface area contributed by atoms with Gasteiger partial charge in [-0.05, 0) is 18.1 Å². The second-order valence-electron chi connectivity index (χ2n) is 6.51. The summed E-state index contributed by atoms with van der Waals surface area (Å²) in [5.74, 6) is 0. The number of hydrogen-bond acceptors (Lipinski definition) is 4. The van der Waals surface area contributed by atoms with E-state index >= 15 is 0 Å². The number of benzene rings is 2. The Morgan fingerprint density at radius 1 is 1.00 bits per heavy atom. The summed E-state index contributed by atoms with van der Waals surface area (Å²) in [6.45, 7) is 5.32. The van der Waals surface area contributed by atoms with E-state index in [1.807, 2.05) is 29.1 Å². The van der Waals surface area contributed by atoms with Gasteiger partial charge in [0, 0.05) is 13.1 Å². The standard InChI is InChI=1S/C20H22N4O/c1-16-7-9-18(10-8-16)13-23-11-12-25-20(23)19-15-24(22-21-19)14-17-5-3-2-4-6-17/h2-10,15,20H,11-14H2,1H3/t20-/m1/s1. The highest BCUT2D eigenvalue weighted by molar-refractivity contribution is 5.21. The maximum absolute atomic E-state index is 5.92. The summed E-state index contributed by atoms with van der Waals surface area (Å²) in [5.41, 5.74) is 4.66. The van der Waals surface area contributed by atoms with E-state index in [2.05, 4.69) is 58.5 Å². The van der Waals surface area contributed by atoms with Crippen molar-refractivity contribution in [2.24, 2.45) is 0 Å². The van der Waals surface area contributed by atoms with Crippen molar-refractivity contribution in [3.05, 3.63) is 83.2 Å². The van der Waals surface area contributed by atoms with Crippen LogP contribution in [0.4, 0.5) is 0 Å². The molecule has 0 amide bonds. The zero-order valence-corrected chi connectivity index (χ0v) is 14.4.